The fraction of sp³-hybridized carbons (Fsp3) is 0.316. The van der Waals surface area contributed by atoms with Gasteiger partial charge in [0.2, 0.25) is 0 Å². The van der Waals surface area contributed by atoms with E-state index < -0.39 is 17.6 Å². The summed E-state index contributed by atoms with van der Waals surface area (Å²) in [6, 6.07) is 9.80. The van der Waals surface area contributed by atoms with Gasteiger partial charge in [0.05, 0.1) is 11.3 Å². The van der Waals surface area contributed by atoms with Crippen molar-refractivity contribution in [3.8, 4) is 0 Å². The van der Waals surface area contributed by atoms with Gasteiger partial charge in [0, 0.05) is 41.9 Å². The van der Waals surface area contributed by atoms with E-state index in [4.69, 9.17) is 0 Å². The van der Waals surface area contributed by atoms with Gasteiger partial charge in [0.1, 0.15) is 0 Å². The summed E-state index contributed by atoms with van der Waals surface area (Å²) in [5.74, 6) is -0.583. The van der Waals surface area contributed by atoms with Gasteiger partial charge in [-0.05, 0) is 59.4 Å². The molecule has 0 saturated carbocycles. The van der Waals surface area contributed by atoms with Gasteiger partial charge in [-0.2, -0.15) is 13.2 Å². The Hall–Kier alpha value is -2.06. The van der Waals surface area contributed by atoms with Crippen molar-refractivity contribution in [2.24, 2.45) is 0 Å². The standard InChI is InChI=1S/C19H19BrF3N3O/c1-25-7-9-26(10-8-25)17-6-5-15(12-16(17)20)24-18(27)13-3-2-4-14(11-13)19(21,22)23/h2-6,11-12H,7-10H2,1H3,(H,24,27). The third-order valence-electron chi connectivity index (χ3n) is 4.50. The first-order valence-corrected chi connectivity index (χ1v) is 9.25. The maximum absolute atomic E-state index is 12.8. The summed E-state index contributed by atoms with van der Waals surface area (Å²) in [6.45, 7) is 3.76. The lowest BCUT2D eigenvalue weighted by atomic mass is 10.1. The number of alkyl halides is 3. The Morgan fingerprint density at radius 3 is 2.41 bits per heavy atom. The van der Waals surface area contributed by atoms with E-state index in [0.717, 1.165) is 48.5 Å². The van der Waals surface area contributed by atoms with Crippen LogP contribution in [-0.2, 0) is 6.18 Å². The van der Waals surface area contributed by atoms with Gasteiger partial charge in [0.25, 0.3) is 5.91 Å². The molecule has 0 aliphatic carbocycles. The van der Waals surface area contributed by atoms with E-state index >= 15 is 0 Å². The van der Waals surface area contributed by atoms with Crippen molar-refractivity contribution in [2.75, 3.05) is 43.4 Å². The number of hydrogen-bond acceptors (Lipinski definition) is 3. The smallest absolute Gasteiger partial charge is 0.368 e. The van der Waals surface area contributed by atoms with Gasteiger partial charge in [-0.15, -0.1) is 0 Å². The first kappa shape index (κ1) is 19.7. The molecule has 0 atom stereocenters. The molecule has 144 valence electrons. The number of carbonyl (C=O) groups is 1. The third-order valence-corrected chi connectivity index (χ3v) is 5.14. The number of halogens is 4. The zero-order chi connectivity index (χ0) is 19.6. The van der Waals surface area contributed by atoms with Crippen LogP contribution in [0.25, 0.3) is 0 Å². The van der Waals surface area contributed by atoms with Gasteiger partial charge < -0.3 is 15.1 Å². The van der Waals surface area contributed by atoms with Crippen molar-refractivity contribution in [3.63, 3.8) is 0 Å². The summed E-state index contributed by atoms with van der Waals surface area (Å²) < 4.78 is 39.3. The minimum absolute atomic E-state index is 0.0379. The van der Waals surface area contributed by atoms with Crippen LogP contribution in [0.4, 0.5) is 24.5 Å². The molecule has 27 heavy (non-hydrogen) atoms. The third kappa shape index (κ3) is 4.81. The van der Waals surface area contributed by atoms with Gasteiger partial charge in [-0.1, -0.05) is 6.07 Å². The minimum Gasteiger partial charge on any atom is -0.368 e. The van der Waals surface area contributed by atoms with Crippen LogP contribution < -0.4 is 10.2 Å². The summed E-state index contributed by atoms with van der Waals surface area (Å²) in [5, 5.41) is 2.65. The Kier molecular flexibility index (Phi) is 5.76. The highest BCUT2D eigenvalue weighted by atomic mass is 79.9. The molecular weight excluding hydrogens is 423 g/mol. The van der Waals surface area contributed by atoms with Gasteiger partial charge in [-0.25, -0.2) is 0 Å². The molecule has 0 radical (unpaired) electrons. The molecule has 2 aromatic carbocycles. The molecule has 4 nitrogen and oxygen atoms in total. The number of piperazine rings is 1. The molecular formula is C19H19BrF3N3O. The fourth-order valence-corrected chi connectivity index (χ4v) is 3.56. The number of carbonyl (C=O) groups excluding carboxylic acids is 1. The first-order valence-electron chi connectivity index (χ1n) is 8.46. The lowest BCUT2D eigenvalue weighted by Crippen LogP contribution is -2.44. The zero-order valence-electron chi connectivity index (χ0n) is 14.7. The van der Waals surface area contributed by atoms with Crippen LogP contribution in [0.2, 0.25) is 0 Å². The van der Waals surface area contributed by atoms with E-state index in [0.29, 0.717) is 5.69 Å². The molecule has 1 amide bonds. The highest BCUT2D eigenvalue weighted by Crippen LogP contribution is 2.31. The van der Waals surface area contributed by atoms with E-state index in [1.165, 1.54) is 12.1 Å². The van der Waals surface area contributed by atoms with Crippen LogP contribution >= 0.6 is 15.9 Å². The molecule has 0 unspecified atom stereocenters. The van der Waals surface area contributed by atoms with Gasteiger partial charge >= 0.3 is 6.18 Å². The van der Waals surface area contributed by atoms with Crippen molar-refractivity contribution < 1.29 is 18.0 Å². The predicted octanol–water partition coefficient (Wildman–Crippen LogP) is 4.47. The predicted molar refractivity (Wildman–Crippen MR) is 103 cm³/mol. The maximum atomic E-state index is 12.8. The average Bonchev–Trinajstić information content (AvgIpc) is 2.62. The fourth-order valence-electron chi connectivity index (χ4n) is 2.93. The summed E-state index contributed by atoms with van der Waals surface area (Å²) >= 11 is 3.53. The number of anilines is 2. The number of likely N-dealkylation sites (N-methyl/N-ethyl adjacent to an activating group) is 1. The summed E-state index contributed by atoms with van der Waals surface area (Å²) in [5.41, 5.74) is 0.660. The normalized spacial score (nSPS) is 15.7. The highest BCUT2D eigenvalue weighted by molar-refractivity contribution is 9.10. The van der Waals surface area contributed by atoms with Crippen molar-refractivity contribution >= 4 is 33.2 Å². The highest BCUT2D eigenvalue weighted by Gasteiger charge is 2.30. The van der Waals surface area contributed by atoms with Crippen LogP contribution in [0.1, 0.15) is 15.9 Å². The molecule has 0 spiro atoms. The second-order valence-corrected chi connectivity index (χ2v) is 7.34. The summed E-state index contributed by atoms with van der Waals surface area (Å²) in [7, 11) is 2.08. The summed E-state index contributed by atoms with van der Waals surface area (Å²) in [4.78, 5) is 16.8. The molecule has 1 aliphatic heterocycles. The van der Waals surface area contributed by atoms with Crippen molar-refractivity contribution in [1.29, 1.82) is 0 Å². The van der Waals surface area contributed by atoms with E-state index in [2.05, 4.69) is 38.1 Å². The number of rotatable bonds is 3. The molecule has 2 aromatic rings. The minimum atomic E-state index is -4.48. The molecule has 1 N–H and O–H groups in total. The Morgan fingerprint density at radius 2 is 1.78 bits per heavy atom. The van der Waals surface area contributed by atoms with Crippen molar-refractivity contribution in [3.05, 3.63) is 58.1 Å². The quantitative estimate of drug-likeness (QED) is 0.762. The number of nitrogens with zero attached hydrogens (tertiary/aromatic N) is 2. The monoisotopic (exact) mass is 441 g/mol. The molecule has 1 aliphatic rings. The first-order chi connectivity index (χ1) is 12.7. The Balaban J connectivity index is 1.73. The molecule has 0 aromatic heterocycles. The molecule has 0 bridgehead atoms. The Labute approximate surface area is 164 Å². The topological polar surface area (TPSA) is 35.6 Å². The lowest BCUT2D eigenvalue weighted by Gasteiger charge is -2.34. The van der Waals surface area contributed by atoms with Crippen LogP contribution in [0.3, 0.4) is 0 Å². The molecule has 1 saturated heterocycles. The van der Waals surface area contributed by atoms with E-state index in [1.54, 1.807) is 12.1 Å². The second-order valence-electron chi connectivity index (χ2n) is 6.49. The van der Waals surface area contributed by atoms with Gasteiger partial charge in [0.15, 0.2) is 0 Å². The second kappa shape index (κ2) is 7.90. The SMILES string of the molecule is CN1CCN(c2ccc(NC(=O)c3cccc(C(F)(F)F)c3)cc2Br)CC1. The van der Waals surface area contributed by atoms with Crippen molar-refractivity contribution in [1.82, 2.24) is 4.90 Å². The van der Waals surface area contributed by atoms with Gasteiger partial charge in [-0.3, -0.25) is 4.79 Å². The molecule has 1 fully saturated rings. The molecule has 8 heteroatoms. The summed E-state index contributed by atoms with van der Waals surface area (Å²) in [6.07, 6.45) is -4.48. The number of nitrogens with one attached hydrogen (secondary N) is 1. The van der Waals surface area contributed by atoms with E-state index in [-0.39, 0.29) is 5.56 Å². The number of benzene rings is 2. The Bertz CT molecular complexity index is 833. The van der Waals surface area contributed by atoms with E-state index in [1.807, 2.05) is 6.07 Å². The number of amides is 1. The molecule has 1 heterocycles. The zero-order valence-corrected chi connectivity index (χ0v) is 16.3. The van der Waals surface area contributed by atoms with Crippen LogP contribution in [-0.4, -0.2) is 44.0 Å². The molecule has 3 rings (SSSR count). The number of hydrogen-bond donors (Lipinski definition) is 1. The van der Waals surface area contributed by atoms with Crippen LogP contribution in [0, 0.1) is 0 Å². The lowest BCUT2D eigenvalue weighted by molar-refractivity contribution is -0.137. The maximum Gasteiger partial charge on any atom is 0.416 e. The average molecular weight is 442 g/mol. The van der Waals surface area contributed by atoms with Crippen LogP contribution in [0.5, 0.6) is 0 Å². The van der Waals surface area contributed by atoms with Crippen LogP contribution in [0.15, 0.2) is 46.9 Å². The largest absolute Gasteiger partial charge is 0.416 e. The van der Waals surface area contributed by atoms with Crippen molar-refractivity contribution in [2.45, 2.75) is 6.18 Å². The Morgan fingerprint density at radius 1 is 1.07 bits per heavy atom. The van der Waals surface area contributed by atoms with E-state index in [9.17, 15) is 18.0 Å².